The van der Waals surface area contributed by atoms with Crippen molar-refractivity contribution in [3.8, 4) is 11.5 Å². The van der Waals surface area contributed by atoms with Gasteiger partial charge in [-0.05, 0) is 48.5 Å². The van der Waals surface area contributed by atoms with E-state index >= 15 is 0 Å². The van der Waals surface area contributed by atoms with Crippen molar-refractivity contribution in [2.75, 3.05) is 0 Å². The molecule has 0 aliphatic carbocycles. The molecule has 3 rings (SSSR count). The van der Waals surface area contributed by atoms with Gasteiger partial charge in [0.25, 0.3) is 0 Å². The van der Waals surface area contributed by atoms with Gasteiger partial charge in [0, 0.05) is 26.2 Å². The van der Waals surface area contributed by atoms with Gasteiger partial charge in [0.1, 0.15) is 11.5 Å². The zero-order chi connectivity index (χ0) is 22.9. The molecule has 0 atom stereocenters. The maximum atomic E-state index is 11.8. The molecule has 9 heteroatoms. The molecule has 0 fully saturated rings. The molecule has 0 saturated heterocycles. The van der Waals surface area contributed by atoms with Gasteiger partial charge in [-0.1, -0.05) is 19.8 Å². The van der Waals surface area contributed by atoms with Gasteiger partial charge < -0.3 is 10.2 Å². The smallest absolute Gasteiger partial charge is 0.416 e. The number of benzene rings is 2. The molecule has 2 nitrogen and oxygen atoms in total. The largest absolute Gasteiger partial charge is 0.508 e. The standard InChI is InChI=1S/C8H11.2C7H5F3O.Zr/c1-7(2)8-5-3-4-6-8;2*8-7(9,10)5-1-3-6(11)4-2-5;/h3-7H,1-2H3;2*1-4,11H;/q-1;;;. The predicted molar refractivity (Wildman–Crippen MR) is 102 cm³/mol. The van der Waals surface area contributed by atoms with E-state index in [-0.39, 0.29) is 37.7 Å². The molecule has 31 heavy (non-hydrogen) atoms. The first-order valence-electron chi connectivity index (χ1n) is 8.74. The SMILES string of the molecule is CC(C)c1cc[cH-]c1.Oc1ccc(C(F)(F)F)cc1.Oc1ccc(C(F)(F)F)cc1.[Zr]. The molecule has 0 aliphatic rings. The van der Waals surface area contributed by atoms with Gasteiger partial charge in [-0.3, -0.25) is 0 Å². The van der Waals surface area contributed by atoms with Crippen LogP contribution in [0.15, 0.2) is 72.8 Å². The maximum Gasteiger partial charge on any atom is 0.416 e. The van der Waals surface area contributed by atoms with Gasteiger partial charge in [0.15, 0.2) is 0 Å². The minimum atomic E-state index is -4.33. The van der Waals surface area contributed by atoms with Gasteiger partial charge in [-0.15, -0.1) is 0 Å². The van der Waals surface area contributed by atoms with E-state index in [4.69, 9.17) is 10.2 Å². The fourth-order valence-electron chi connectivity index (χ4n) is 2.07. The van der Waals surface area contributed by atoms with Crippen LogP contribution in [0.2, 0.25) is 0 Å². The number of halogens is 6. The number of hydrogen-bond donors (Lipinski definition) is 2. The quantitative estimate of drug-likeness (QED) is 0.259. The van der Waals surface area contributed by atoms with Crippen LogP contribution < -0.4 is 0 Å². The van der Waals surface area contributed by atoms with E-state index < -0.39 is 23.5 Å². The molecule has 0 saturated carbocycles. The van der Waals surface area contributed by atoms with Crippen LogP contribution >= 0.6 is 0 Å². The van der Waals surface area contributed by atoms with Crippen molar-refractivity contribution >= 4 is 0 Å². The van der Waals surface area contributed by atoms with Crippen LogP contribution in [0.25, 0.3) is 0 Å². The van der Waals surface area contributed by atoms with Crippen LogP contribution in [0.3, 0.4) is 0 Å². The van der Waals surface area contributed by atoms with E-state index in [0.29, 0.717) is 5.92 Å². The molecule has 0 aliphatic heterocycles. The minimum Gasteiger partial charge on any atom is -0.508 e. The first kappa shape index (κ1) is 28.9. The Labute approximate surface area is 195 Å². The molecule has 0 spiro atoms. The van der Waals surface area contributed by atoms with E-state index in [0.717, 1.165) is 48.5 Å². The van der Waals surface area contributed by atoms with E-state index in [9.17, 15) is 26.3 Å². The van der Waals surface area contributed by atoms with Crippen molar-refractivity contribution in [1.82, 2.24) is 0 Å². The van der Waals surface area contributed by atoms with Crippen LogP contribution in [0.1, 0.15) is 36.5 Å². The van der Waals surface area contributed by atoms with Gasteiger partial charge in [0.2, 0.25) is 0 Å². The Morgan fingerprint density at radius 3 is 1.23 bits per heavy atom. The van der Waals surface area contributed by atoms with Crippen molar-refractivity contribution in [3.05, 3.63) is 89.5 Å². The first-order valence-corrected chi connectivity index (χ1v) is 8.74. The van der Waals surface area contributed by atoms with Crippen molar-refractivity contribution in [3.63, 3.8) is 0 Å². The number of aromatic hydroxyl groups is 2. The van der Waals surface area contributed by atoms with Gasteiger partial charge >= 0.3 is 12.4 Å². The zero-order valence-electron chi connectivity index (χ0n) is 16.7. The van der Waals surface area contributed by atoms with E-state index in [1.165, 1.54) is 5.56 Å². The Kier molecular flexibility index (Phi) is 11.8. The summed E-state index contributed by atoms with van der Waals surface area (Å²) in [7, 11) is 0. The summed E-state index contributed by atoms with van der Waals surface area (Å²) in [6.07, 6.45) is -8.65. The molecule has 0 amide bonds. The average Bonchev–Trinajstić information content (AvgIpc) is 3.17. The second-order valence-corrected chi connectivity index (χ2v) is 6.46. The van der Waals surface area contributed by atoms with Crippen LogP contribution in [0.5, 0.6) is 11.5 Å². The summed E-state index contributed by atoms with van der Waals surface area (Å²) in [5.74, 6) is 0.348. The number of phenols is 2. The van der Waals surface area contributed by atoms with Crippen LogP contribution in [0, 0.1) is 0 Å². The molecule has 0 aromatic heterocycles. The van der Waals surface area contributed by atoms with E-state index in [1.54, 1.807) is 0 Å². The van der Waals surface area contributed by atoms with Crippen LogP contribution in [0.4, 0.5) is 26.3 Å². The average molecular weight is 523 g/mol. The van der Waals surface area contributed by atoms with Crippen molar-refractivity contribution < 1.29 is 62.8 Å². The van der Waals surface area contributed by atoms with E-state index in [2.05, 4.69) is 38.1 Å². The fraction of sp³-hybridized carbons (Fsp3) is 0.227. The fourth-order valence-corrected chi connectivity index (χ4v) is 2.07. The van der Waals surface area contributed by atoms with Crippen LogP contribution in [-0.2, 0) is 38.6 Å². The Morgan fingerprint density at radius 1 is 0.677 bits per heavy atom. The van der Waals surface area contributed by atoms with Gasteiger partial charge in [-0.25, -0.2) is 6.07 Å². The molecule has 0 unspecified atom stereocenters. The molecular weight excluding hydrogens is 501 g/mol. The third-order valence-corrected chi connectivity index (χ3v) is 3.74. The van der Waals surface area contributed by atoms with E-state index in [1.807, 2.05) is 0 Å². The third kappa shape index (κ3) is 11.2. The third-order valence-electron chi connectivity index (χ3n) is 3.74. The van der Waals surface area contributed by atoms with Crippen LogP contribution in [-0.4, -0.2) is 10.2 Å². The summed E-state index contributed by atoms with van der Waals surface area (Å²) in [5, 5.41) is 17.3. The number of alkyl halides is 6. The van der Waals surface area contributed by atoms with Crippen molar-refractivity contribution in [2.24, 2.45) is 0 Å². The van der Waals surface area contributed by atoms with Gasteiger partial charge in [0.05, 0.1) is 11.1 Å². The summed E-state index contributed by atoms with van der Waals surface area (Å²) in [5.41, 5.74) is -0.0735. The zero-order valence-corrected chi connectivity index (χ0v) is 19.1. The summed E-state index contributed by atoms with van der Waals surface area (Å²) in [4.78, 5) is 0. The maximum absolute atomic E-state index is 11.8. The Morgan fingerprint density at radius 2 is 1.03 bits per heavy atom. The molecule has 0 radical (unpaired) electrons. The molecule has 2 N–H and O–H groups in total. The summed E-state index contributed by atoms with van der Waals surface area (Å²) >= 11 is 0. The van der Waals surface area contributed by atoms with Crippen molar-refractivity contribution in [2.45, 2.75) is 32.1 Å². The number of rotatable bonds is 1. The molecular formula is C22H21F6O2Zr-. The second-order valence-electron chi connectivity index (χ2n) is 6.46. The Bertz CT molecular complexity index is 798. The predicted octanol–water partition coefficient (Wildman–Crippen LogP) is 7.35. The molecule has 0 bridgehead atoms. The Hall–Kier alpha value is -2.15. The molecule has 0 heterocycles. The monoisotopic (exact) mass is 521 g/mol. The summed E-state index contributed by atoms with van der Waals surface area (Å²) < 4.78 is 71.0. The molecule has 168 valence electrons. The normalized spacial score (nSPS) is 10.9. The number of hydrogen-bond acceptors (Lipinski definition) is 2. The Balaban J connectivity index is 0.000000434. The summed E-state index contributed by atoms with van der Waals surface area (Å²) in [6, 6.07) is 15.8. The molecule has 3 aromatic rings. The van der Waals surface area contributed by atoms with Gasteiger partial charge in [-0.2, -0.15) is 50.1 Å². The second kappa shape index (κ2) is 12.6. The summed E-state index contributed by atoms with van der Waals surface area (Å²) in [6.45, 7) is 4.41. The minimum absolute atomic E-state index is 0. The number of phenolic OH excluding ortho intramolecular Hbond substituents is 2. The first-order chi connectivity index (χ1) is 13.8. The van der Waals surface area contributed by atoms with Crippen molar-refractivity contribution in [1.29, 1.82) is 0 Å². The topological polar surface area (TPSA) is 40.5 Å². The molecule has 3 aromatic carbocycles.